The molecule has 0 unspecified atom stereocenters. The molecule has 1 aromatic heterocycles. The maximum atomic E-state index is 11.5. The fourth-order valence-corrected chi connectivity index (χ4v) is 2.07. The van der Waals surface area contributed by atoms with Gasteiger partial charge in [-0.25, -0.2) is 4.79 Å². The van der Waals surface area contributed by atoms with Gasteiger partial charge in [0.1, 0.15) is 5.69 Å². The van der Waals surface area contributed by atoms with Crippen LogP contribution in [0, 0.1) is 10.1 Å². The van der Waals surface area contributed by atoms with Crippen LogP contribution in [-0.4, -0.2) is 27.1 Å². The van der Waals surface area contributed by atoms with E-state index in [4.69, 9.17) is 16.3 Å². The van der Waals surface area contributed by atoms with Crippen molar-refractivity contribution in [3.63, 3.8) is 0 Å². The molecular formula is C13H10ClN3O6. The normalized spacial score (nSPS) is 10.9. The molecule has 0 spiro atoms. The summed E-state index contributed by atoms with van der Waals surface area (Å²) < 4.78 is 4.93. The lowest BCUT2D eigenvalue weighted by atomic mass is 10.1. The Morgan fingerprint density at radius 1 is 1.30 bits per heavy atom. The number of nitrogens with one attached hydrogen (secondary N) is 2. The molecule has 0 fully saturated rings. The number of phenolic OH excluding ortho intramolecular Hbond substituents is 1. The first kappa shape index (κ1) is 16.3. The van der Waals surface area contributed by atoms with Gasteiger partial charge in [-0.2, -0.15) is 0 Å². The van der Waals surface area contributed by atoms with E-state index in [2.05, 4.69) is 4.98 Å². The Morgan fingerprint density at radius 3 is 2.61 bits per heavy atom. The molecule has 0 bridgehead atoms. The summed E-state index contributed by atoms with van der Waals surface area (Å²) >= 11 is 5.87. The molecule has 1 heterocycles. The number of nitrogens with zero attached hydrogens (tertiary/aromatic N) is 1. The van der Waals surface area contributed by atoms with Gasteiger partial charge in [0.05, 0.1) is 12.0 Å². The van der Waals surface area contributed by atoms with Crippen LogP contribution < -0.4 is 16.0 Å². The second kappa shape index (κ2) is 6.36. The van der Waals surface area contributed by atoms with Crippen LogP contribution in [-0.2, 0) is 0 Å². The zero-order valence-electron chi connectivity index (χ0n) is 11.6. The van der Waals surface area contributed by atoms with Gasteiger partial charge in [0.25, 0.3) is 0 Å². The molecule has 0 aliphatic heterocycles. The largest absolute Gasteiger partial charge is 0.504 e. The number of hydrogen-bond acceptors (Lipinski definition) is 6. The molecule has 0 aliphatic rings. The van der Waals surface area contributed by atoms with Crippen molar-refractivity contribution in [1.29, 1.82) is 0 Å². The van der Waals surface area contributed by atoms with Crippen LogP contribution >= 0.6 is 11.6 Å². The average Bonchev–Trinajstić information content (AvgIpc) is 2.46. The molecule has 0 aliphatic carbocycles. The van der Waals surface area contributed by atoms with Gasteiger partial charge in [-0.15, -0.1) is 0 Å². The van der Waals surface area contributed by atoms with Gasteiger partial charge >= 0.3 is 16.9 Å². The molecule has 2 rings (SSSR count). The average molecular weight is 340 g/mol. The van der Waals surface area contributed by atoms with Crippen LogP contribution in [0.1, 0.15) is 11.3 Å². The number of aromatic hydroxyl groups is 1. The third-order valence-corrected chi connectivity index (χ3v) is 3.06. The highest BCUT2D eigenvalue weighted by atomic mass is 35.5. The van der Waals surface area contributed by atoms with Crippen LogP contribution in [0.2, 0.25) is 5.02 Å². The fourth-order valence-electron chi connectivity index (χ4n) is 1.85. The number of methoxy groups -OCH3 is 1. The molecule has 0 amide bonds. The van der Waals surface area contributed by atoms with Crippen LogP contribution in [0.3, 0.4) is 0 Å². The van der Waals surface area contributed by atoms with Crippen molar-refractivity contribution in [3.8, 4) is 11.5 Å². The molecule has 0 saturated carbocycles. The van der Waals surface area contributed by atoms with E-state index >= 15 is 0 Å². The topological polar surface area (TPSA) is 138 Å². The highest BCUT2D eigenvalue weighted by Gasteiger charge is 2.19. The van der Waals surface area contributed by atoms with Crippen LogP contribution in [0.5, 0.6) is 11.5 Å². The minimum Gasteiger partial charge on any atom is -0.504 e. The fraction of sp³-hybridized carbons (Fsp3) is 0.0769. The predicted molar refractivity (Wildman–Crippen MR) is 82.9 cm³/mol. The van der Waals surface area contributed by atoms with E-state index in [9.17, 15) is 24.8 Å². The molecule has 0 radical (unpaired) electrons. The Hall–Kier alpha value is -3.07. The molecule has 3 N–H and O–H groups in total. The zero-order valence-corrected chi connectivity index (χ0v) is 12.4. The van der Waals surface area contributed by atoms with E-state index in [0.29, 0.717) is 0 Å². The number of ether oxygens (including phenoxy) is 1. The van der Waals surface area contributed by atoms with Crippen molar-refractivity contribution in [2.75, 3.05) is 7.11 Å². The Balaban J connectivity index is 2.58. The summed E-state index contributed by atoms with van der Waals surface area (Å²) in [5.41, 5.74) is -2.99. The summed E-state index contributed by atoms with van der Waals surface area (Å²) in [5.74, 6) is -0.144. The Bertz CT molecular complexity index is 915. The van der Waals surface area contributed by atoms with E-state index in [1.54, 1.807) is 4.98 Å². The van der Waals surface area contributed by atoms with Crippen molar-refractivity contribution in [2.45, 2.75) is 0 Å². The molecular weight excluding hydrogens is 330 g/mol. The Morgan fingerprint density at radius 2 is 2.00 bits per heavy atom. The maximum Gasteiger partial charge on any atom is 0.357 e. The molecule has 2 aromatic rings. The number of hydrogen-bond donors (Lipinski definition) is 3. The van der Waals surface area contributed by atoms with Gasteiger partial charge in [-0.1, -0.05) is 11.6 Å². The summed E-state index contributed by atoms with van der Waals surface area (Å²) in [7, 11) is 1.33. The summed E-state index contributed by atoms with van der Waals surface area (Å²) in [5, 5.41) is 21.2. The van der Waals surface area contributed by atoms with Crippen molar-refractivity contribution < 1.29 is 14.8 Å². The van der Waals surface area contributed by atoms with Gasteiger partial charge in [0, 0.05) is 16.7 Å². The second-order valence-corrected chi connectivity index (χ2v) is 4.74. The summed E-state index contributed by atoms with van der Waals surface area (Å²) in [6.07, 6.45) is 2.36. The third-order valence-electron chi connectivity index (χ3n) is 2.85. The second-order valence-electron chi connectivity index (χ2n) is 4.31. The zero-order chi connectivity index (χ0) is 17.1. The number of rotatable bonds is 4. The number of H-pyrrole nitrogens is 2. The Labute approximate surface area is 133 Å². The van der Waals surface area contributed by atoms with E-state index in [0.717, 1.165) is 6.08 Å². The first-order valence-corrected chi connectivity index (χ1v) is 6.47. The van der Waals surface area contributed by atoms with Crippen molar-refractivity contribution >= 4 is 29.4 Å². The van der Waals surface area contributed by atoms with Crippen molar-refractivity contribution in [1.82, 2.24) is 9.97 Å². The monoisotopic (exact) mass is 339 g/mol. The van der Waals surface area contributed by atoms with E-state index in [1.165, 1.54) is 25.3 Å². The van der Waals surface area contributed by atoms with E-state index < -0.39 is 21.9 Å². The summed E-state index contributed by atoms with van der Waals surface area (Å²) in [6, 6.07) is 2.76. The summed E-state index contributed by atoms with van der Waals surface area (Å²) in [6.45, 7) is 0. The number of benzene rings is 1. The first-order chi connectivity index (χ1) is 10.8. The molecule has 1 aromatic carbocycles. The molecule has 9 nitrogen and oxygen atoms in total. The quantitative estimate of drug-likeness (QED) is 0.570. The standard InChI is InChI=1S/C13H10ClN3O6/c1-23-9-5-7(14)4-6(11(9)18)2-3-8-10(17(21)22)12(19)16-13(20)15-8/h2-5,18H,1H3,(H2,15,16,19,20). The lowest BCUT2D eigenvalue weighted by molar-refractivity contribution is -0.386. The molecule has 0 atom stereocenters. The number of aromatic amines is 2. The van der Waals surface area contributed by atoms with E-state index in [1.807, 2.05) is 0 Å². The SMILES string of the molecule is COc1cc(Cl)cc(C=Cc2[nH]c(=O)[nH]c(=O)c2[N+](=O)[O-])c1O. The molecule has 0 saturated heterocycles. The van der Waals surface area contributed by atoms with Crippen molar-refractivity contribution in [3.05, 3.63) is 59.4 Å². The number of phenols is 1. The van der Waals surface area contributed by atoms with Gasteiger partial charge < -0.3 is 14.8 Å². The molecule has 10 heteroatoms. The van der Waals surface area contributed by atoms with Crippen LogP contribution in [0.15, 0.2) is 21.7 Å². The number of nitro groups is 1. The first-order valence-electron chi connectivity index (χ1n) is 6.09. The Kier molecular flexibility index (Phi) is 4.51. The van der Waals surface area contributed by atoms with Gasteiger partial charge in [0.15, 0.2) is 11.5 Å². The third kappa shape index (κ3) is 3.40. The summed E-state index contributed by atoms with van der Waals surface area (Å²) in [4.78, 5) is 36.7. The molecule has 23 heavy (non-hydrogen) atoms. The van der Waals surface area contributed by atoms with E-state index in [-0.39, 0.29) is 27.8 Å². The van der Waals surface area contributed by atoms with Crippen LogP contribution in [0.25, 0.3) is 12.2 Å². The van der Waals surface area contributed by atoms with Gasteiger partial charge in [-0.3, -0.25) is 19.9 Å². The smallest absolute Gasteiger partial charge is 0.357 e. The minimum atomic E-state index is -1.13. The number of halogens is 1. The highest BCUT2D eigenvalue weighted by molar-refractivity contribution is 6.31. The number of aromatic nitrogens is 2. The van der Waals surface area contributed by atoms with Crippen molar-refractivity contribution in [2.24, 2.45) is 0 Å². The minimum absolute atomic E-state index is 0.103. The van der Waals surface area contributed by atoms with Crippen LogP contribution in [0.4, 0.5) is 5.69 Å². The lowest BCUT2D eigenvalue weighted by Gasteiger charge is -2.06. The van der Waals surface area contributed by atoms with Gasteiger partial charge in [0.2, 0.25) is 0 Å². The van der Waals surface area contributed by atoms with Gasteiger partial charge in [-0.05, 0) is 18.2 Å². The highest BCUT2D eigenvalue weighted by Crippen LogP contribution is 2.34. The lowest BCUT2D eigenvalue weighted by Crippen LogP contribution is -2.25. The predicted octanol–water partition coefficient (Wildman–Crippen LogP) is 1.51. The maximum absolute atomic E-state index is 11.5. The molecule has 120 valence electrons.